The molecule has 36 heavy (non-hydrogen) atoms. The lowest BCUT2D eigenvalue weighted by molar-refractivity contribution is 0.305. The first kappa shape index (κ1) is 26.7. The van der Waals surface area contributed by atoms with Crippen LogP contribution in [0.1, 0.15) is 6.92 Å². The van der Waals surface area contributed by atoms with Gasteiger partial charge < -0.3 is 24.4 Å². The third-order valence-electron chi connectivity index (χ3n) is 5.68. The van der Waals surface area contributed by atoms with Crippen LogP contribution in [0.5, 0.6) is 11.5 Å². The number of benzene rings is 2. The van der Waals surface area contributed by atoms with Crippen LogP contribution in [0.15, 0.2) is 68.9 Å². The Morgan fingerprint density at radius 1 is 1.06 bits per heavy atom. The minimum absolute atomic E-state index is 0.0288. The number of allylic oxidation sites excluding steroid dienone is 2. The Balaban J connectivity index is 1.60. The molecule has 2 aromatic carbocycles. The van der Waals surface area contributed by atoms with Gasteiger partial charge in [-0.1, -0.05) is 23.5 Å². The van der Waals surface area contributed by atoms with Crippen molar-refractivity contribution >= 4 is 45.0 Å². The van der Waals surface area contributed by atoms with Gasteiger partial charge in [0.15, 0.2) is 0 Å². The van der Waals surface area contributed by atoms with E-state index in [-0.39, 0.29) is 18.6 Å². The first-order valence-electron chi connectivity index (χ1n) is 11.3. The van der Waals surface area contributed by atoms with E-state index in [0.29, 0.717) is 13.1 Å². The molecule has 2 aliphatic rings. The summed E-state index contributed by atoms with van der Waals surface area (Å²) in [7, 11) is -0.259. The van der Waals surface area contributed by atoms with Crippen LogP contribution in [0.2, 0.25) is 0 Å². The van der Waals surface area contributed by atoms with Crippen LogP contribution in [-0.4, -0.2) is 65.7 Å². The fourth-order valence-electron chi connectivity index (χ4n) is 4.05. The van der Waals surface area contributed by atoms with E-state index in [2.05, 4.69) is 22.0 Å². The predicted molar refractivity (Wildman–Crippen MR) is 146 cm³/mol. The largest absolute Gasteiger partial charge is 0.497 e. The number of hydrogen-bond donors (Lipinski definition) is 1. The van der Waals surface area contributed by atoms with E-state index in [0.717, 1.165) is 49.5 Å². The van der Waals surface area contributed by atoms with Gasteiger partial charge in [-0.3, -0.25) is 4.18 Å². The second kappa shape index (κ2) is 11.4. The molecule has 11 heteroatoms. The van der Waals surface area contributed by atoms with Crippen molar-refractivity contribution in [2.45, 2.75) is 22.1 Å². The second-order valence-corrected chi connectivity index (χ2v) is 12.1. The number of methoxy groups -OCH3 is 2. The van der Waals surface area contributed by atoms with E-state index in [1.165, 1.54) is 0 Å². The third-order valence-corrected chi connectivity index (χ3v) is 8.62. The highest BCUT2D eigenvalue weighted by molar-refractivity contribution is 8.03. The molecule has 8 nitrogen and oxygen atoms in total. The first-order valence-corrected chi connectivity index (χ1v) is 14.8. The highest BCUT2D eigenvalue weighted by atomic mass is 32.2. The van der Waals surface area contributed by atoms with Crippen LogP contribution in [0.4, 0.5) is 11.4 Å². The van der Waals surface area contributed by atoms with Crippen molar-refractivity contribution in [3.05, 3.63) is 59.2 Å². The maximum absolute atomic E-state index is 11.5. The van der Waals surface area contributed by atoms with Gasteiger partial charge >= 0.3 is 0 Å². The summed E-state index contributed by atoms with van der Waals surface area (Å²) in [4.78, 5) is 6.42. The number of β-amino-alcohol motifs (C(OH)–C–C–N with tert-alkyl or cyclic N) is 1. The Kier molecular flexibility index (Phi) is 8.46. The number of thioether (sulfide) groups is 2. The van der Waals surface area contributed by atoms with Gasteiger partial charge in [-0.25, -0.2) is 0 Å². The van der Waals surface area contributed by atoms with E-state index in [1.54, 1.807) is 37.7 Å². The summed E-state index contributed by atoms with van der Waals surface area (Å²) in [5.74, 6) is 1.51. The molecule has 0 saturated carbocycles. The fraction of sp³-hybridized carbons (Fsp3) is 0.360. The van der Waals surface area contributed by atoms with Gasteiger partial charge in [0, 0.05) is 35.0 Å². The normalized spacial score (nSPS) is 18.5. The van der Waals surface area contributed by atoms with Gasteiger partial charge in [-0.05, 0) is 48.9 Å². The summed E-state index contributed by atoms with van der Waals surface area (Å²) in [6.45, 7) is 3.01. The Labute approximate surface area is 221 Å². The molecule has 2 aliphatic heterocycles. The van der Waals surface area contributed by atoms with Crippen molar-refractivity contribution in [3.63, 3.8) is 0 Å². The summed E-state index contributed by atoms with van der Waals surface area (Å²) in [5.41, 5.74) is 3.04. The van der Waals surface area contributed by atoms with Gasteiger partial charge in [-0.2, -0.15) is 8.42 Å². The van der Waals surface area contributed by atoms with E-state index < -0.39 is 10.1 Å². The highest BCUT2D eigenvalue weighted by Gasteiger charge is 2.30. The smallest absolute Gasteiger partial charge is 0.264 e. The first-order chi connectivity index (χ1) is 17.2. The van der Waals surface area contributed by atoms with Crippen molar-refractivity contribution in [3.8, 4) is 11.5 Å². The van der Waals surface area contributed by atoms with E-state index in [4.69, 9.17) is 13.7 Å². The van der Waals surface area contributed by atoms with Crippen LogP contribution < -0.4 is 19.3 Å². The number of anilines is 2. The Morgan fingerprint density at radius 3 is 2.36 bits per heavy atom. The minimum Gasteiger partial charge on any atom is -0.497 e. The summed E-state index contributed by atoms with van der Waals surface area (Å²) in [5, 5.41) is 10.7. The molecule has 0 saturated heterocycles. The SMILES string of the molecule is COc1ccc2c(c1)N(CCO)/C(=C/C(C)=C/C1Sc3ccc(OC)cc3N1CCOS(C)(=O)=O)S2. The topological polar surface area (TPSA) is 88.5 Å². The molecule has 1 N–H and O–H groups in total. The Hall–Kier alpha value is -2.31. The molecule has 0 aromatic heterocycles. The highest BCUT2D eigenvalue weighted by Crippen LogP contribution is 2.48. The lowest BCUT2D eigenvalue weighted by atomic mass is 10.2. The molecule has 1 unspecified atom stereocenters. The summed E-state index contributed by atoms with van der Waals surface area (Å²) in [6.07, 6.45) is 5.33. The standard InChI is InChI=1S/C25H30N2O6S3/c1-17(13-24-26(9-11-28)20-15-18(31-2)5-7-22(20)34-24)14-25-27(10-12-33-36(4,29)30)21-16-19(32-3)6-8-23(21)35-25/h5-8,13-16,25,28H,9-12H2,1-4H3/b17-14+,24-13-. The molecule has 2 heterocycles. The van der Waals surface area contributed by atoms with E-state index in [9.17, 15) is 13.5 Å². The second-order valence-electron chi connectivity index (χ2n) is 8.27. The number of aliphatic hydroxyl groups is 1. The van der Waals surface area contributed by atoms with Gasteiger partial charge in [0.1, 0.15) is 11.5 Å². The number of rotatable bonds is 10. The quantitative estimate of drug-likeness (QED) is 0.432. The van der Waals surface area contributed by atoms with Crippen molar-refractivity contribution in [1.82, 2.24) is 0 Å². The van der Waals surface area contributed by atoms with Crippen molar-refractivity contribution in [1.29, 1.82) is 0 Å². The van der Waals surface area contributed by atoms with Gasteiger partial charge in [0.25, 0.3) is 10.1 Å². The molecule has 0 bridgehead atoms. The van der Waals surface area contributed by atoms with Crippen molar-refractivity contribution in [2.75, 3.05) is 56.6 Å². The zero-order valence-corrected chi connectivity index (χ0v) is 23.1. The summed E-state index contributed by atoms with van der Waals surface area (Å²) < 4.78 is 38.8. The Bertz CT molecular complexity index is 1280. The number of hydrogen-bond acceptors (Lipinski definition) is 10. The predicted octanol–water partition coefficient (Wildman–Crippen LogP) is 4.31. The van der Waals surface area contributed by atoms with Gasteiger partial charge in [-0.15, -0.1) is 0 Å². The van der Waals surface area contributed by atoms with E-state index in [1.807, 2.05) is 43.3 Å². The lowest BCUT2D eigenvalue weighted by Crippen LogP contribution is -2.32. The Morgan fingerprint density at radius 2 is 1.72 bits per heavy atom. The third kappa shape index (κ3) is 6.15. The number of nitrogens with zero attached hydrogens (tertiary/aromatic N) is 2. The average molecular weight is 551 g/mol. The van der Waals surface area contributed by atoms with Crippen LogP contribution in [0.25, 0.3) is 0 Å². The molecule has 0 fully saturated rings. The van der Waals surface area contributed by atoms with Crippen molar-refractivity contribution in [2.24, 2.45) is 0 Å². The fourth-order valence-corrected chi connectivity index (χ4v) is 6.94. The number of ether oxygens (including phenoxy) is 2. The lowest BCUT2D eigenvalue weighted by Gasteiger charge is -2.25. The molecular weight excluding hydrogens is 520 g/mol. The molecule has 1 atom stereocenters. The zero-order valence-electron chi connectivity index (χ0n) is 20.6. The van der Waals surface area contributed by atoms with Crippen LogP contribution in [0, 0.1) is 0 Å². The van der Waals surface area contributed by atoms with Gasteiger partial charge in [0.2, 0.25) is 0 Å². The van der Waals surface area contributed by atoms with Crippen LogP contribution >= 0.6 is 23.5 Å². The maximum atomic E-state index is 11.5. The zero-order chi connectivity index (χ0) is 25.9. The van der Waals surface area contributed by atoms with Gasteiger partial charge in [0.05, 0.1) is 55.5 Å². The minimum atomic E-state index is -3.53. The maximum Gasteiger partial charge on any atom is 0.264 e. The molecule has 0 spiro atoms. The molecule has 194 valence electrons. The van der Waals surface area contributed by atoms with Crippen LogP contribution in [0.3, 0.4) is 0 Å². The molecule has 0 radical (unpaired) electrons. The summed E-state index contributed by atoms with van der Waals surface area (Å²) >= 11 is 3.35. The average Bonchev–Trinajstić information content (AvgIpc) is 3.34. The summed E-state index contributed by atoms with van der Waals surface area (Å²) in [6, 6.07) is 11.9. The molecule has 4 rings (SSSR count). The van der Waals surface area contributed by atoms with Crippen molar-refractivity contribution < 1.29 is 27.2 Å². The number of fused-ring (bicyclic) bond motifs is 2. The number of aliphatic hydroxyl groups excluding tert-OH is 1. The molecule has 2 aromatic rings. The van der Waals surface area contributed by atoms with E-state index >= 15 is 0 Å². The molecular formula is C25H30N2O6S3. The van der Waals surface area contributed by atoms with Crippen LogP contribution in [-0.2, 0) is 14.3 Å². The molecule has 0 amide bonds. The molecule has 0 aliphatic carbocycles. The monoisotopic (exact) mass is 550 g/mol.